The number of nitrogens with zero attached hydrogens (tertiary/aromatic N) is 1. The van der Waals surface area contributed by atoms with Crippen molar-refractivity contribution in [3.63, 3.8) is 0 Å². The van der Waals surface area contributed by atoms with Crippen molar-refractivity contribution in [2.75, 3.05) is 46.5 Å². The van der Waals surface area contributed by atoms with Crippen molar-refractivity contribution < 1.29 is 9.47 Å². The lowest BCUT2D eigenvalue weighted by atomic mass is 9.84. The van der Waals surface area contributed by atoms with Gasteiger partial charge in [-0.05, 0) is 48.9 Å². The second-order valence-corrected chi connectivity index (χ2v) is 6.40. The molecule has 0 amide bonds. The van der Waals surface area contributed by atoms with Crippen molar-refractivity contribution >= 4 is 0 Å². The zero-order chi connectivity index (χ0) is 15.4. The smallest absolute Gasteiger partial charge is 0.119 e. The van der Waals surface area contributed by atoms with Gasteiger partial charge in [-0.3, -0.25) is 4.90 Å². The lowest BCUT2D eigenvalue weighted by Gasteiger charge is -2.41. The van der Waals surface area contributed by atoms with Gasteiger partial charge in [0.25, 0.3) is 0 Å². The first-order chi connectivity index (χ1) is 10.8. The van der Waals surface area contributed by atoms with E-state index in [1.54, 1.807) is 7.11 Å². The fraction of sp³-hybridized carbons (Fsp3) is 0.667. The van der Waals surface area contributed by atoms with E-state index in [4.69, 9.17) is 9.47 Å². The van der Waals surface area contributed by atoms with E-state index < -0.39 is 0 Å². The highest BCUT2D eigenvalue weighted by molar-refractivity contribution is 5.37. The molecular weight excluding hydrogens is 276 g/mol. The summed E-state index contributed by atoms with van der Waals surface area (Å²) >= 11 is 0. The molecule has 0 radical (unpaired) electrons. The van der Waals surface area contributed by atoms with Gasteiger partial charge in [0.15, 0.2) is 0 Å². The van der Waals surface area contributed by atoms with E-state index in [1.165, 1.54) is 24.0 Å². The fourth-order valence-electron chi connectivity index (χ4n) is 3.85. The maximum absolute atomic E-state index is 5.59. The normalized spacial score (nSPS) is 22.5. The van der Waals surface area contributed by atoms with Crippen molar-refractivity contribution in [2.45, 2.75) is 25.8 Å². The Morgan fingerprint density at radius 3 is 2.59 bits per heavy atom. The molecule has 1 atom stereocenters. The Balaban J connectivity index is 1.89. The van der Waals surface area contributed by atoms with Gasteiger partial charge in [0.2, 0.25) is 0 Å². The minimum atomic E-state index is 0.511. The molecule has 0 bridgehead atoms. The lowest BCUT2D eigenvalue weighted by molar-refractivity contribution is 0.0211. The van der Waals surface area contributed by atoms with E-state index in [-0.39, 0.29) is 0 Å². The third-order valence-corrected chi connectivity index (χ3v) is 5.05. The maximum atomic E-state index is 5.59. The van der Waals surface area contributed by atoms with Gasteiger partial charge in [0, 0.05) is 45.4 Å². The quantitative estimate of drug-likeness (QED) is 0.926. The Labute approximate surface area is 133 Å². The lowest BCUT2D eigenvalue weighted by Crippen LogP contribution is -2.47. The number of benzene rings is 1. The standard InChI is InChI=1S/C18H28N2O2/c1-14-13-16(21-2)3-4-17(14)18(15-5-11-22-12-6-15)20-9-7-19-8-10-20/h3-4,13,15,18-19H,5-12H2,1-2H3/t18-/m0/s1. The molecule has 122 valence electrons. The summed E-state index contributed by atoms with van der Waals surface area (Å²) in [6.45, 7) is 8.47. The molecule has 4 nitrogen and oxygen atoms in total. The first kappa shape index (κ1) is 15.8. The van der Waals surface area contributed by atoms with Crippen LogP contribution in [0.1, 0.15) is 30.0 Å². The molecule has 0 aliphatic carbocycles. The van der Waals surface area contributed by atoms with Crippen LogP contribution in [0.2, 0.25) is 0 Å². The Bertz CT molecular complexity index is 462. The van der Waals surface area contributed by atoms with E-state index in [9.17, 15) is 0 Å². The van der Waals surface area contributed by atoms with E-state index in [0.29, 0.717) is 12.0 Å². The number of hydrogen-bond donors (Lipinski definition) is 1. The molecule has 1 aromatic carbocycles. The van der Waals surface area contributed by atoms with Crippen LogP contribution in [0.3, 0.4) is 0 Å². The first-order valence-electron chi connectivity index (χ1n) is 8.46. The Hall–Kier alpha value is -1.10. The highest BCUT2D eigenvalue weighted by Gasteiger charge is 2.32. The van der Waals surface area contributed by atoms with Crippen molar-refractivity contribution in [1.29, 1.82) is 0 Å². The van der Waals surface area contributed by atoms with Crippen LogP contribution in [-0.2, 0) is 4.74 Å². The van der Waals surface area contributed by atoms with Crippen LogP contribution in [0.25, 0.3) is 0 Å². The average molecular weight is 304 g/mol. The maximum Gasteiger partial charge on any atom is 0.119 e. The van der Waals surface area contributed by atoms with Crippen LogP contribution < -0.4 is 10.1 Å². The van der Waals surface area contributed by atoms with Crippen LogP contribution in [0, 0.1) is 12.8 Å². The second-order valence-electron chi connectivity index (χ2n) is 6.40. The fourth-order valence-corrected chi connectivity index (χ4v) is 3.85. The molecule has 1 N–H and O–H groups in total. The number of ether oxygens (including phenoxy) is 2. The summed E-state index contributed by atoms with van der Waals surface area (Å²) in [7, 11) is 1.74. The van der Waals surface area contributed by atoms with Gasteiger partial charge in [-0.15, -0.1) is 0 Å². The summed E-state index contributed by atoms with van der Waals surface area (Å²) in [5, 5.41) is 3.47. The highest BCUT2D eigenvalue weighted by Crippen LogP contribution is 2.37. The van der Waals surface area contributed by atoms with E-state index in [1.807, 2.05) is 0 Å². The molecular formula is C18H28N2O2. The Morgan fingerprint density at radius 2 is 1.95 bits per heavy atom. The molecule has 2 aliphatic heterocycles. The largest absolute Gasteiger partial charge is 0.497 e. The molecule has 1 aromatic rings. The number of nitrogens with one attached hydrogen (secondary N) is 1. The molecule has 22 heavy (non-hydrogen) atoms. The van der Waals surface area contributed by atoms with E-state index >= 15 is 0 Å². The third kappa shape index (κ3) is 3.45. The number of methoxy groups -OCH3 is 1. The van der Waals surface area contributed by atoms with E-state index in [0.717, 1.165) is 45.1 Å². The highest BCUT2D eigenvalue weighted by atomic mass is 16.5. The summed E-state index contributed by atoms with van der Waals surface area (Å²) in [4.78, 5) is 2.67. The molecule has 0 aromatic heterocycles. The van der Waals surface area contributed by atoms with E-state index in [2.05, 4.69) is 35.3 Å². The van der Waals surface area contributed by atoms with Crippen molar-refractivity contribution in [3.05, 3.63) is 29.3 Å². The van der Waals surface area contributed by atoms with Gasteiger partial charge in [-0.1, -0.05) is 6.07 Å². The van der Waals surface area contributed by atoms with Gasteiger partial charge in [0.05, 0.1) is 7.11 Å². The summed E-state index contributed by atoms with van der Waals surface area (Å²) in [6.07, 6.45) is 2.33. The minimum absolute atomic E-state index is 0.511. The molecule has 2 heterocycles. The van der Waals surface area contributed by atoms with Crippen LogP contribution >= 0.6 is 0 Å². The van der Waals surface area contributed by atoms with Gasteiger partial charge in [-0.25, -0.2) is 0 Å². The number of rotatable bonds is 4. The van der Waals surface area contributed by atoms with Gasteiger partial charge < -0.3 is 14.8 Å². The predicted molar refractivity (Wildman–Crippen MR) is 88.5 cm³/mol. The van der Waals surface area contributed by atoms with Gasteiger partial charge >= 0.3 is 0 Å². The molecule has 0 spiro atoms. The Morgan fingerprint density at radius 1 is 1.23 bits per heavy atom. The second kappa shape index (κ2) is 7.44. The van der Waals surface area contributed by atoms with Gasteiger partial charge in [0.1, 0.15) is 5.75 Å². The molecule has 2 saturated heterocycles. The van der Waals surface area contributed by atoms with Crippen molar-refractivity contribution in [3.8, 4) is 5.75 Å². The zero-order valence-electron chi connectivity index (χ0n) is 13.8. The number of piperazine rings is 1. The summed E-state index contributed by atoms with van der Waals surface area (Å²) in [5.74, 6) is 1.64. The predicted octanol–water partition coefficient (Wildman–Crippen LogP) is 2.38. The monoisotopic (exact) mass is 304 g/mol. The number of aryl methyl sites for hydroxylation is 1. The molecule has 0 saturated carbocycles. The summed E-state index contributed by atoms with van der Waals surface area (Å²) in [5.41, 5.74) is 2.81. The molecule has 0 unspecified atom stereocenters. The Kier molecular flexibility index (Phi) is 5.34. The molecule has 2 aliphatic rings. The summed E-state index contributed by atoms with van der Waals surface area (Å²) in [6, 6.07) is 7.06. The van der Waals surface area contributed by atoms with Crippen LogP contribution in [0.5, 0.6) is 5.75 Å². The minimum Gasteiger partial charge on any atom is -0.497 e. The topological polar surface area (TPSA) is 33.7 Å². The number of hydrogen-bond acceptors (Lipinski definition) is 4. The van der Waals surface area contributed by atoms with Crippen LogP contribution in [-0.4, -0.2) is 51.4 Å². The average Bonchev–Trinajstić information content (AvgIpc) is 2.58. The van der Waals surface area contributed by atoms with Crippen molar-refractivity contribution in [1.82, 2.24) is 10.2 Å². The SMILES string of the molecule is COc1ccc([C@H](C2CCOCC2)N2CCNCC2)c(C)c1. The van der Waals surface area contributed by atoms with Crippen LogP contribution in [0.4, 0.5) is 0 Å². The first-order valence-corrected chi connectivity index (χ1v) is 8.46. The van der Waals surface area contributed by atoms with Gasteiger partial charge in [-0.2, -0.15) is 0 Å². The zero-order valence-corrected chi connectivity index (χ0v) is 13.8. The third-order valence-electron chi connectivity index (χ3n) is 5.05. The molecule has 4 heteroatoms. The molecule has 2 fully saturated rings. The molecule has 3 rings (SSSR count). The van der Waals surface area contributed by atoms with Crippen molar-refractivity contribution in [2.24, 2.45) is 5.92 Å². The van der Waals surface area contributed by atoms with Crippen LogP contribution in [0.15, 0.2) is 18.2 Å². The summed E-state index contributed by atoms with van der Waals surface area (Å²) < 4.78 is 11.0.